The third-order valence-corrected chi connectivity index (χ3v) is 4.70. The van der Waals surface area contributed by atoms with E-state index in [2.05, 4.69) is 0 Å². The van der Waals surface area contributed by atoms with Crippen molar-refractivity contribution in [1.82, 2.24) is 4.90 Å². The molecule has 1 saturated carbocycles. The van der Waals surface area contributed by atoms with Crippen LogP contribution in [0.2, 0.25) is 0 Å². The summed E-state index contributed by atoms with van der Waals surface area (Å²) in [5, 5.41) is 9.17. The van der Waals surface area contributed by atoms with Gasteiger partial charge in [0.25, 0.3) is 0 Å². The Kier molecular flexibility index (Phi) is 3.97. The molecular weight excluding hydrogens is 238 g/mol. The summed E-state index contributed by atoms with van der Waals surface area (Å²) in [6, 6.07) is 0. The molecule has 96 valence electrons. The number of thioether (sulfide) groups is 1. The molecule has 2 aliphatic rings. The van der Waals surface area contributed by atoms with E-state index >= 15 is 0 Å². The Bertz CT molecular complexity index is 315. The summed E-state index contributed by atoms with van der Waals surface area (Å²) in [6.45, 7) is 3.59. The van der Waals surface area contributed by atoms with Gasteiger partial charge in [-0.15, -0.1) is 0 Å². The number of hydrogen-bond acceptors (Lipinski definition) is 3. The molecule has 0 spiro atoms. The minimum absolute atomic E-state index is 0.0713. The summed E-state index contributed by atoms with van der Waals surface area (Å²) in [5.74, 6) is 0.820. The maximum atomic E-state index is 12.3. The molecule has 1 aliphatic heterocycles. The van der Waals surface area contributed by atoms with Crippen LogP contribution in [-0.4, -0.2) is 46.5 Å². The summed E-state index contributed by atoms with van der Waals surface area (Å²) in [4.78, 5) is 25.3. The van der Waals surface area contributed by atoms with Crippen LogP contribution in [0, 0.1) is 17.8 Å². The Hall–Kier alpha value is -0.710. The Balaban J connectivity index is 2.04. The number of carboxylic acids is 1. The predicted molar refractivity (Wildman–Crippen MR) is 66.9 cm³/mol. The summed E-state index contributed by atoms with van der Waals surface area (Å²) < 4.78 is 0. The van der Waals surface area contributed by atoms with E-state index in [9.17, 15) is 14.7 Å². The van der Waals surface area contributed by atoms with Crippen LogP contribution in [0.1, 0.15) is 19.8 Å². The number of carbonyl (C=O) groups excluding carboxylic acids is 1. The van der Waals surface area contributed by atoms with Gasteiger partial charge in [0.15, 0.2) is 0 Å². The highest BCUT2D eigenvalue weighted by Crippen LogP contribution is 2.37. The lowest BCUT2D eigenvalue weighted by Gasteiger charge is -2.30. The fraction of sp³-hybridized carbons (Fsp3) is 0.833. The van der Waals surface area contributed by atoms with Gasteiger partial charge in [0.2, 0.25) is 5.91 Å². The fourth-order valence-electron chi connectivity index (χ4n) is 2.86. The molecule has 1 heterocycles. The highest BCUT2D eigenvalue weighted by molar-refractivity contribution is 7.99. The van der Waals surface area contributed by atoms with Gasteiger partial charge < -0.3 is 10.0 Å². The third-order valence-electron chi connectivity index (χ3n) is 3.76. The molecule has 2 fully saturated rings. The van der Waals surface area contributed by atoms with Gasteiger partial charge in [-0.3, -0.25) is 9.59 Å². The highest BCUT2D eigenvalue weighted by Gasteiger charge is 2.42. The molecule has 5 heteroatoms. The van der Waals surface area contributed by atoms with Crippen molar-refractivity contribution in [3.05, 3.63) is 0 Å². The van der Waals surface area contributed by atoms with Crippen molar-refractivity contribution < 1.29 is 14.7 Å². The van der Waals surface area contributed by atoms with E-state index in [1.807, 2.05) is 23.6 Å². The second-order valence-electron chi connectivity index (χ2n) is 5.07. The Morgan fingerprint density at radius 3 is 2.35 bits per heavy atom. The molecular formula is C12H19NO3S. The zero-order valence-corrected chi connectivity index (χ0v) is 10.9. The summed E-state index contributed by atoms with van der Waals surface area (Å²) in [7, 11) is 0. The van der Waals surface area contributed by atoms with Crippen LogP contribution in [0.5, 0.6) is 0 Å². The number of carbonyl (C=O) groups is 2. The molecule has 17 heavy (non-hydrogen) atoms. The minimum Gasteiger partial charge on any atom is -0.481 e. The van der Waals surface area contributed by atoms with Crippen molar-refractivity contribution in [2.24, 2.45) is 17.8 Å². The maximum absolute atomic E-state index is 12.3. The van der Waals surface area contributed by atoms with E-state index in [-0.39, 0.29) is 11.8 Å². The molecule has 1 aliphatic carbocycles. The average molecular weight is 257 g/mol. The van der Waals surface area contributed by atoms with E-state index in [1.165, 1.54) is 0 Å². The summed E-state index contributed by atoms with van der Waals surface area (Å²) in [6.07, 6.45) is 1.38. The van der Waals surface area contributed by atoms with Crippen LogP contribution in [-0.2, 0) is 9.59 Å². The van der Waals surface area contributed by atoms with Crippen molar-refractivity contribution in [2.45, 2.75) is 19.8 Å². The van der Waals surface area contributed by atoms with E-state index in [0.29, 0.717) is 12.3 Å². The molecule has 0 radical (unpaired) electrons. The lowest BCUT2D eigenvalue weighted by molar-refractivity contribution is -0.149. The molecule has 3 atom stereocenters. The molecule has 1 saturated heterocycles. The van der Waals surface area contributed by atoms with Crippen LogP contribution < -0.4 is 0 Å². The van der Waals surface area contributed by atoms with Gasteiger partial charge in [-0.1, -0.05) is 6.92 Å². The fourth-order valence-corrected chi connectivity index (χ4v) is 3.76. The Labute approximate surface area is 106 Å². The van der Waals surface area contributed by atoms with E-state index in [1.54, 1.807) is 0 Å². The Morgan fingerprint density at radius 1 is 1.18 bits per heavy atom. The van der Waals surface area contributed by atoms with Crippen LogP contribution in [0.4, 0.5) is 0 Å². The van der Waals surface area contributed by atoms with Crippen LogP contribution in [0.3, 0.4) is 0 Å². The highest BCUT2D eigenvalue weighted by atomic mass is 32.2. The SMILES string of the molecule is CC1CC(C(=O)O)C(C(=O)N2CCSCC2)C1. The monoisotopic (exact) mass is 257 g/mol. The van der Waals surface area contributed by atoms with E-state index < -0.39 is 11.9 Å². The van der Waals surface area contributed by atoms with E-state index in [4.69, 9.17) is 0 Å². The first-order chi connectivity index (χ1) is 8.09. The van der Waals surface area contributed by atoms with Gasteiger partial charge in [-0.05, 0) is 18.8 Å². The maximum Gasteiger partial charge on any atom is 0.307 e. The smallest absolute Gasteiger partial charge is 0.307 e. The van der Waals surface area contributed by atoms with Crippen molar-refractivity contribution in [3.8, 4) is 0 Å². The van der Waals surface area contributed by atoms with Crippen LogP contribution in [0.15, 0.2) is 0 Å². The standard InChI is InChI=1S/C12H19NO3S/c1-8-6-9(10(7-8)12(15)16)11(14)13-2-4-17-5-3-13/h8-10H,2-7H2,1H3,(H,15,16). The lowest BCUT2D eigenvalue weighted by Crippen LogP contribution is -2.43. The number of amides is 1. The lowest BCUT2D eigenvalue weighted by atomic mass is 9.95. The van der Waals surface area contributed by atoms with Crippen molar-refractivity contribution >= 4 is 23.6 Å². The van der Waals surface area contributed by atoms with Crippen LogP contribution >= 0.6 is 11.8 Å². The number of aliphatic carboxylic acids is 1. The second-order valence-corrected chi connectivity index (χ2v) is 6.29. The third kappa shape index (κ3) is 2.76. The molecule has 1 N–H and O–H groups in total. The topological polar surface area (TPSA) is 57.6 Å². The predicted octanol–water partition coefficient (Wildman–Crippen LogP) is 1.31. The first kappa shape index (κ1) is 12.7. The number of rotatable bonds is 2. The largest absolute Gasteiger partial charge is 0.481 e. The molecule has 1 amide bonds. The van der Waals surface area contributed by atoms with Crippen LogP contribution in [0.25, 0.3) is 0 Å². The van der Waals surface area contributed by atoms with Gasteiger partial charge >= 0.3 is 5.97 Å². The van der Waals surface area contributed by atoms with E-state index in [0.717, 1.165) is 31.0 Å². The van der Waals surface area contributed by atoms with Crippen molar-refractivity contribution in [2.75, 3.05) is 24.6 Å². The van der Waals surface area contributed by atoms with Gasteiger partial charge in [-0.25, -0.2) is 0 Å². The van der Waals surface area contributed by atoms with Gasteiger partial charge in [0, 0.05) is 24.6 Å². The molecule has 0 aromatic rings. The minimum atomic E-state index is -0.806. The second kappa shape index (κ2) is 5.29. The summed E-state index contributed by atoms with van der Waals surface area (Å²) >= 11 is 1.86. The average Bonchev–Trinajstić information content (AvgIpc) is 2.72. The van der Waals surface area contributed by atoms with Crippen molar-refractivity contribution in [3.63, 3.8) is 0 Å². The quantitative estimate of drug-likeness (QED) is 0.810. The van der Waals surface area contributed by atoms with Crippen molar-refractivity contribution in [1.29, 1.82) is 0 Å². The molecule has 2 rings (SSSR count). The summed E-state index contributed by atoms with van der Waals surface area (Å²) in [5.41, 5.74) is 0. The Morgan fingerprint density at radius 2 is 1.76 bits per heavy atom. The van der Waals surface area contributed by atoms with Gasteiger partial charge in [0.05, 0.1) is 11.8 Å². The zero-order chi connectivity index (χ0) is 12.4. The first-order valence-electron chi connectivity index (χ1n) is 6.19. The van der Waals surface area contributed by atoms with Gasteiger partial charge in [0.1, 0.15) is 0 Å². The number of nitrogens with zero attached hydrogens (tertiary/aromatic N) is 1. The molecule has 0 aromatic heterocycles. The number of carboxylic acid groups (broad SMARTS) is 1. The first-order valence-corrected chi connectivity index (χ1v) is 7.34. The number of hydrogen-bond donors (Lipinski definition) is 1. The molecule has 3 unspecified atom stereocenters. The molecule has 0 aromatic carbocycles. The normalized spacial score (nSPS) is 33.7. The molecule has 0 bridgehead atoms. The van der Waals surface area contributed by atoms with Gasteiger partial charge in [-0.2, -0.15) is 11.8 Å². The zero-order valence-electron chi connectivity index (χ0n) is 10.1. The molecule has 4 nitrogen and oxygen atoms in total.